The van der Waals surface area contributed by atoms with Crippen LogP contribution in [0.4, 0.5) is 4.39 Å². The van der Waals surface area contributed by atoms with Gasteiger partial charge in [-0.05, 0) is 56.7 Å². The van der Waals surface area contributed by atoms with Gasteiger partial charge in [0, 0.05) is 24.7 Å². The number of hydrogen-bond donors (Lipinski definition) is 1. The molecule has 0 radical (unpaired) electrons. The van der Waals surface area contributed by atoms with E-state index in [0.29, 0.717) is 0 Å². The zero-order valence-corrected chi connectivity index (χ0v) is 17.4. The van der Waals surface area contributed by atoms with Gasteiger partial charge in [-0.1, -0.05) is 12.1 Å². The predicted octanol–water partition coefficient (Wildman–Crippen LogP) is 3.18. The summed E-state index contributed by atoms with van der Waals surface area (Å²) in [4.78, 5) is 14.1. The Labute approximate surface area is 165 Å². The molecule has 2 aromatic rings. The normalized spacial score (nSPS) is 11.9. The van der Waals surface area contributed by atoms with Crippen molar-refractivity contribution < 1.29 is 22.3 Å². The number of rotatable bonds is 6. The monoisotopic (exact) mass is 408 g/mol. The van der Waals surface area contributed by atoms with Crippen LogP contribution in [-0.2, 0) is 16.6 Å². The number of benzene rings is 2. The van der Waals surface area contributed by atoms with E-state index in [1.165, 1.54) is 42.3 Å². The van der Waals surface area contributed by atoms with E-state index in [-0.39, 0.29) is 34.5 Å². The molecule has 2 rings (SSSR count). The molecule has 0 fully saturated rings. The molecule has 2 aromatic carbocycles. The maximum absolute atomic E-state index is 13.0. The summed E-state index contributed by atoms with van der Waals surface area (Å²) in [5.74, 6) is -0.567. The van der Waals surface area contributed by atoms with Gasteiger partial charge in [0.05, 0.1) is 7.11 Å². The van der Waals surface area contributed by atoms with Crippen LogP contribution in [0.25, 0.3) is 0 Å². The molecule has 0 aliphatic heterocycles. The smallest absolute Gasteiger partial charge is 0.253 e. The first-order valence-corrected chi connectivity index (χ1v) is 10.1. The highest BCUT2D eigenvalue weighted by Crippen LogP contribution is 2.26. The Morgan fingerprint density at radius 1 is 1.14 bits per heavy atom. The van der Waals surface area contributed by atoms with Crippen LogP contribution in [-0.4, -0.2) is 38.9 Å². The van der Waals surface area contributed by atoms with Crippen LogP contribution in [0.2, 0.25) is 0 Å². The van der Waals surface area contributed by atoms with Crippen molar-refractivity contribution in [3.8, 4) is 5.75 Å². The number of ether oxygens (including phenoxy) is 1. The summed E-state index contributed by atoms with van der Waals surface area (Å²) in [6.07, 6.45) is 0. The highest BCUT2D eigenvalue weighted by Gasteiger charge is 2.27. The fourth-order valence-corrected chi connectivity index (χ4v) is 4.25. The van der Waals surface area contributed by atoms with Gasteiger partial charge >= 0.3 is 0 Å². The fourth-order valence-electron chi connectivity index (χ4n) is 2.63. The zero-order valence-electron chi connectivity index (χ0n) is 16.6. The second kappa shape index (κ2) is 8.28. The first-order valence-electron chi connectivity index (χ1n) is 8.65. The van der Waals surface area contributed by atoms with Gasteiger partial charge in [-0.3, -0.25) is 4.79 Å². The van der Waals surface area contributed by atoms with Crippen molar-refractivity contribution in [3.05, 3.63) is 59.4 Å². The molecule has 0 bridgehead atoms. The van der Waals surface area contributed by atoms with Gasteiger partial charge in [0.1, 0.15) is 16.5 Å². The van der Waals surface area contributed by atoms with E-state index in [0.717, 1.165) is 5.56 Å². The maximum atomic E-state index is 13.0. The van der Waals surface area contributed by atoms with Crippen molar-refractivity contribution >= 4 is 15.9 Å². The summed E-state index contributed by atoms with van der Waals surface area (Å²) in [6.45, 7) is 5.43. The lowest BCUT2D eigenvalue weighted by Crippen LogP contribution is -2.40. The molecule has 1 amide bonds. The number of nitrogens with zero attached hydrogens (tertiary/aromatic N) is 1. The van der Waals surface area contributed by atoms with Gasteiger partial charge in [-0.15, -0.1) is 0 Å². The topological polar surface area (TPSA) is 75.7 Å². The van der Waals surface area contributed by atoms with Crippen molar-refractivity contribution in [3.63, 3.8) is 0 Å². The Hall–Kier alpha value is -2.45. The summed E-state index contributed by atoms with van der Waals surface area (Å²) >= 11 is 0. The van der Waals surface area contributed by atoms with Crippen molar-refractivity contribution in [1.29, 1.82) is 0 Å². The SMILES string of the molecule is COc1ccc(C(=O)N(C)Cc2ccc(F)cc2)cc1S(=O)(=O)NC(C)(C)C. The number of methoxy groups -OCH3 is 1. The van der Waals surface area contributed by atoms with E-state index < -0.39 is 15.6 Å². The van der Waals surface area contributed by atoms with E-state index in [1.807, 2.05) is 0 Å². The molecule has 0 saturated carbocycles. The van der Waals surface area contributed by atoms with E-state index in [2.05, 4.69) is 4.72 Å². The Morgan fingerprint density at radius 3 is 2.29 bits per heavy atom. The predicted molar refractivity (Wildman–Crippen MR) is 105 cm³/mol. The molecule has 0 atom stereocenters. The van der Waals surface area contributed by atoms with Crippen LogP contribution in [0, 0.1) is 5.82 Å². The minimum Gasteiger partial charge on any atom is -0.495 e. The Morgan fingerprint density at radius 2 is 1.75 bits per heavy atom. The fraction of sp³-hybridized carbons (Fsp3) is 0.350. The van der Waals surface area contributed by atoms with E-state index >= 15 is 0 Å². The minimum absolute atomic E-state index is 0.106. The van der Waals surface area contributed by atoms with Crippen LogP contribution in [0.3, 0.4) is 0 Å². The summed E-state index contributed by atoms with van der Waals surface area (Å²) in [6, 6.07) is 10.1. The molecule has 8 heteroatoms. The maximum Gasteiger partial charge on any atom is 0.253 e. The molecule has 152 valence electrons. The quantitative estimate of drug-likeness (QED) is 0.797. The van der Waals surface area contributed by atoms with Crippen molar-refractivity contribution in [2.45, 2.75) is 37.8 Å². The number of carbonyl (C=O) groups excluding carboxylic acids is 1. The van der Waals surface area contributed by atoms with Gasteiger partial charge in [-0.25, -0.2) is 17.5 Å². The average molecular weight is 408 g/mol. The molecule has 0 heterocycles. The summed E-state index contributed by atoms with van der Waals surface area (Å²) in [7, 11) is -0.930. The van der Waals surface area contributed by atoms with Gasteiger partial charge in [0.25, 0.3) is 5.91 Å². The number of hydrogen-bond acceptors (Lipinski definition) is 4. The van der Waals surface area contributed by atoms with E-state index in [9.17, 15) is 17.6 Å². The van der Waals surface area contributed by atoms with Gasteiger partial charge in [0.2, 0.25) is 10.0 Å². The molecule has 6 nitrogen and oxygen atoms in total. The Bertz CT molecular complexity index is 951. The largest absolute Gasteiger partial charge is 0.495 e. The zero-order chi connectivity index (χ0) is 21.1. The summed E-state index contributed by atoms with van der Waals surface area (Å²) in [5, 5.41) is 0. The molecule has 0 spiro atoms. The lowest BCUT2D eigenvalue weighted by molar-refractivity contribution is 0.0785. The number of nitrogens with one attached hydrogen (secondary N) is 1. The number of amides is 1. The molecule has 0 saturated heterocycles. The number of carbonyl (C=O) groups is 1. The number of sulfonamides is 1. The van der Waals surface area contributed by atoms with Gasteiger partial charge in [0.15, 0.2) is 0 Å². The van der Waals surface area contributed by atoms with Crippen molar-refractivity contribution in [1.82, 2.24) is 9.62 Å². The molecule has 0 aromatic heterocycles. The second-order valence-corrected chi connectivity index (χ2v) is 9.16. The van der Waals surface area contributed by atoms with Crippen LogP contribution < -0.4 is 9.46 Å². The number of halogens is 1. The molecular weight excluding hydrogens is 383 g/mol. The highest BCUT2D eigenvalue weighted by molar-refractivity contribution is 7.89. The minimum atomic E-state index is -3.89. The molecular formula is C20H25FN2O4S. The van der Waals surface area contributed by atoms with E-state index in [4.69, 9.17) is 4.74 Å². The first-order chi connectivity index (χ1) is 12.9. The molecule has 0 unspecified atom stereocenters. The summed E-state index contributed by atoms with van der Waals surface area (Å²) in [5.41, 5.74) is 0.274. The second-order valence-electron chi connectivity index (χ2n) is 7.51. The van der Waals surface area contributed by atoms with Crippen LogP contribution in [0.5, 0.6) is 5.75 Å². The van der Waals surface area contributed by atoms with E-state index in [1.54, 1.807) is 40.0 Å². The van der Waals surface area contributed by atoms with Crippen LogP contribution >= 0.6 is 0 Å². The summed E-state index contributed by atoms with van der Waals surface area (Å²) < 4.78 is 46.3. The van der Waals surface area contributed by atoms with Crippen LogP contribution in [0.15, 0.2) is 47.4 Å². The standard InChI is InChI=1S/C20H25FN2O4S/c1-20(2,3)22-28(25,26)18-12-15(8-11-17(18)27-5)19(24)23(4)13-14-6-9-16(21)10-7-14/h6-12,22H,13H2,1-5H3. The van der Waals surface area contributed by atoms with Crippen LogP contribution in [0.1, 0.15) is 36.7 Å². The Kier molecular flexibility index (Phi) is 6.46. The lowest BCUT2D eigenvalue weighted by atomic mass is 10.1. The lowest BCUT2D eigenvalue weighted by Gasteiger charge is -2.22. The third kappa shape index (κ3) is 5.53. The Balaban J connectivity index is 2.33. The third-order valence-corrected chi connectivity index (χ3v) is 5.60. The molecule has 0 aliphatic carbocycles. The van der Waals surface area contributed by atoms with Crippen molar-refractivity contribution in [2.75, 3.05) is 14.2 Å². The third-order valence-electron chi connectivity index (χ3n) is 3.82. The molecule has 28 heavy (non-hydrogen) atoms. The molecule has 0 aliphatic rings. The molecule has 1 N–H and O–H groups in total. The van der Waals surface area contributed by atoms with Crippen molar-refractivity contribution in [2.24, 2.45) is 0 Å². The van der Waals surface area contributed by atoms with Gasteiger partial charge in [-0.2, -0.15) is 0 Å². The first kappa shape index (κ1) is 21.8. The highest BCUT2D eigenvalue weighted by atomic mass is 32.2. The average Bonchev–Trinajstić information content (AvgIpc) is 2.60. The van der Waals surface area contributed by atoms with Gasteiger partial charge < -0.3 is 9.64 Å².